The summed E-state index contributed by atoms with van der Waals surface area (Å²) in [6.07, 6.45) is -1.41. The van der Waals surface area contributed by atoms with Crippen LogP contribution in [-0.4, -0.2) is 69.9 Å². The molecule has 10 nitrogen and oxygen atoms in total. The summed E-state index contributed by atoms with van der Waals surface area (Å²) in [5, 5.41) is 8.21. The molecule has 2 aromatic rings. The number of carbonyl (C=O) groups excluding carboxylic acids is 2. The lowest BCUT2D eigenvalue weighted by Crippen LogP contribution is -2.31. The Hall–Kier alpha value is -3.38. The zero-order chi connectivity index (χ0) is 27.4. The predicted molar refractivity (Wildman–Crippen MR) is 128 cm³/mol. The second-order valence-corrected chi connectivity index (χ2v) is 9.83. The molecule has 2 saturated carbocycles. The minimum atomic E-state index is -4.37. The van der Waals surface area contributed by atoms with Gasteiger partial charge in [-0.05, 0) is 50.7 Å². The second-order valence-electron chi connectivity index (χ2n) is 9.83. The van der Waals surface area contributed by atoms with Gasteiger partial charge in [-0.3, -0.25) is 4.79 Å². The van der Waals surface area contributed by atoms with Gasteiger partial charge in [0, 0.05) is 26.6 Å². The molecule has 2 aliphatic rings. The molecule has 0 bridgehead atoms. The van der Waals surface area contributed by atoms with E-state index in [4.69, 9.17) is 19.2 Å². The van der Waals surface area contributed by atoms with Crippen LogP contribution in [0.3, 0.4) is 0 Å². The van der Waals surface area contributed by atoms with E-state index in [9.17, 15) is 22.8 Å². The van der Waals surface area contributed by atoms with Crippen LogP contribution < -0.4 is 4.74 Å². The van der Waals surface area contributed by atoms with Crippen LogP contribution in [0, 0.1) is 5.92 Å². The van der Waals surface area contributed by atoms with E-state index in [-0.39, 0.29) is 30.5 Å². The Kier molecular flexibility index (Phi) is 8.41. The minimum absolute atomic E-state index is 0.112. The third kappa shape index (κ3) is 6.93. The predicted octanol–water partition coefficient (Wildman–Crippen LogP) is 4.39. The van der Waals surface area contributed by atoms with Crippen molar-refractivity contribution in [3.8, 4) is 17.1 Å². The number of hydrogen-bond donors (Lipinski definition) is 0. The number of aromatic nitrogens is 4. The van der Waals surface area contributed by atoms with Crippen molar-refractivity contribution in [3.63, 3.8) is 0 Å². The van der Waals surface area contributed by atoms with Crippen LogP contribution in [0.1, 0.15) is 62.3 Å². The quantitative estimate of drug-likeness (QED) is 0.432. The Morgan fingerprint density at radius 1 is 1.18 bits per heavy atom. The van der Waals surface area contributed by atoms with Gasteiger partial charge in [0.2, 0.25) is 0 Å². The van der Waals surface area contributed by atoms with E-state index in [2.05, 4.69) is 10.3 Å². The van der Waals surface area contributed by atoms with E-state index in [1.807, 2.05) is 6.07 Å². The van der Waals surface area contributed by atoms with Gasteiger partial charge in [-0.2, -0.15) is 13.2 Å². The summed E-state index contributed by atoms with van der Waals surface area (Å²) >= 11 is 0. The van der Waals surface area contributed by atoms with Crippen LogP contribution in [0.2, 0.25) is 0 Å². The Balaban J connectivity index is 1.46. The lowest BCUT2D eigenvalue weighted by atomic mass is 9.87. The van der Waals surface area contributed by atoms with Gasteiger partial charge in [-0.1, -0.05) is 5.21 Å². The normalized spacial score (nSPS) is 19.6. The molecule has 0 unspecified atom stereocenters. The average Bonchev–Trinajstić information content (AvgIpc) is 3.67. The molecule has 2 aromatic heterocycles. The third-order valence-corrected chi connectivity index (χ3v) is 6.86. The monoisotopic (exact) mass is 539 g/mol. The molecule has 38 heavy (non-hydrogen) atoms. The van der Waals surface area contributed by atoms with Crippen molar-refractivity contribution in [2.24, 2.45) is 13.0 Å². The average molecular weight is 540 g/mol. The van der Waals surface area contributed by atoms with E-state index in [1.165, 1.54) is 18.8 Å². The molecule has 208 valence electrons. The van der Waals surface area contributed by atoms with Gasteiger partial charge in [0.25, 0.3) is 0 Å². The molecule has 13 heteroatoms. The van der Waals surface area contributed by atoms with Gasteiger partial charge in [0.15, 0.2) is 0 Å². The Morgan fingerprint density at radius 3 is 2.63 bits per heavy atom. The fourth-order valence-corrected chi connectivity index (χ4v) is 4.52. The van der Waals surface area contributed by atoms with Crippen molar-refractivity contribution in [3.05, 3.63) is 23.5 Å². The molecular weight excluding hydrogens is 507 g/mol. The van der Waals surface area contributed by atoms with E-state index in [0.717, 1.165) is 42.7 Å². The number of methoxy groups -OCH3 is 1. The molecule has 0 aliphatic heterocycles. The molecule has 0 radical (unpaired) electrons. The highest BCUT2D eigenvalue weighted by Crippen LogP contribution is 2.45. The van der Waals surface area contributed by atoms with Crippen molar-refractivity contribution in [1.82, 2.24) is 24.9 Å². The molecular formula is C25H32F3N5O5. The number of rotatable bonds is 9. The number of aryl methyl sites for hydroxylation is 1. The summed E-state index contributed by atoms with van der Waals surface area (Å²) < 4.78 is 55.3. The number of alkyl halides is 3. The molecule has 2 fully saturated rings. The molecule has 2 aliphatic carbocycles. The number of hydrogen-bond acceptors (Lipinski definition) is 8. The molecule has 0 N–H and O–H groups in total. The maximum absolute atomic E-state index is 12.5. The summed E-state index contributed by atoms with van der Waals surface area (Å²) in [5.74, 6) is 0.546. The first-order valence-electron chi connectivity index (χ1n) is 12.6. The first kappa shape index (κ1) is 27.6. The van der Waals surface area contributed by atoms with Gasteiger partial charge < -0.3 is 19.1 Å². The number of nitrogens with zero attached hydrogens (tertiary/aromatic N) is 5. The number of pyridine rings is 1. The standard InChI is InChI=1S/C25H32F3N5O5/c1-32(12-11-25(26,27)28)24(35)37-14-19-22(30-31-33(19)2)18-9-10-20(21(29-18)15-7-8-15)38-17-6-4-5-16(13-17)23(34)36-3/h9-10,15-17H,4-8,11-14H2,1-3H3/t16-,17-/m0/s1. The number of ether oxygens (including phenoxy) is 3. The highest BCUT2D eigenvalue weighted by molar-refractivity contribution is 5.72. The highest BCUT2D eigenvalue weighted by Gasteiger charge is 2.33. The number of amides is 1. The zero-order valence-electron chi connectivity index (χ0n) is 21.7. The first-order chi connectivity index (χ1) is 18.1. The van der Waals surface area contributed by atoms with E-state index in [0.29, 0.717) is 29.3 Å². The fraction of sp³-hybridized carbons (Fsp3) is 0.640. The zero-order valence-corrected chi connectivity index (χ0v) is 21.7. The lowest BCUT2D eigenvalue weighted by Gasteiger charge is -2.28. The van der Waals surface area contributed by atoms with Crippen molar-refractivity contribution >= 4 is 12.1 Å². The van der Waals surface area contributed by atoms with Crippen LogP contribution in [-0.2, 0) is 27.9 Å². The summed E-state index contributed by atoms with van der Waals surface area (Å²) in [5.41, 5.74) is 2.21. The lowest BCUT2D eigenvalue weighted by molar-refractivity contribution is -0.147. The summed E-state index contributed by atoms with van der Waals surface area (Å²) in [4.78, 5) is 29.9. The Bertz CT molecular complexity index is 1150. The number of carbonyl (C=O) groups is 2. The molecule has 2 heterocycles. The van der Waals surface area contributed by atoms with Gasteiger partial charge in [-0.25, -0.2) is 14.5 Å². The van der Waals surface area contributed by atoms with Gasteiger partial charge in [0.1, 0.15) is 23.7 Å². The van der Waals surface area contributed by atoms with Crippen molar-refractivity contribution in [1.29, 1.82) is 0 Å². The molecule has 1 amide bonds. The largest absolute Gasteiger partial charge is 0.488 e. The summed E-state index contributed by atoms with van der Waals surface area (Å²) in [6.45, 7) is -0.738. The van der Waals surface area contributed by atoms with Crippen LogP contribution in [0.5, 0.6) is 5.75 Å². The van der Waals surface area contributed by atoms with Crippen molar-refractivity contribution < 1.29 is 37.0 Å². The summed E-state index contributed by atoms with van der Waals surface area (Å²) in [6, 6.07) is 3.60. The maximum atomic E-state index is 12.5. The van der Waals surface area contributed by atoms with Gasteiger partial charge in [0.05, 0.1) is 36.9 Å². The van der Waals surface area contributed by atoms with Gasteiger partial charge in [-0.15, -0.1) is 5.10 Å². The van der Waals surface area contributed by atoms with Crippen LogP contribution in [0.25, 0.3) is 11.4 Å². The van der Waals surface area contributed by atoms with Crippen molar-refractivity contribution in [2.45, 2.75) is 69.8 Å². The fourth-order valence-electron chi connectivity index (χ4n) is 4.52. The molecule has 0 spiro atoms. The van der Waals surface area contributed by atoms with Crippen LogP contribution >= 0.6 is 0 Å². The summed E-state index contributed by atoms with van der Waals surface area (Å²) in [7, 11) is 4.28. The number of halogens is 3. The van der Waals surface area contributed by atoms with Crippen molar-refractivity contribution in [2.75, 3.05) is 20.7 Å². The molecule has 4 rings (SSSR count). The second kappa shape index (κ2) is 11.6. The third-order valence-electron chi connectivity index (χ3n) is 6.86. The van der Waals surface area contributed by atoms with E-state index in [1.54, 1.807) is 13.1 Å². The number of esters is 1. The highest BCUT2D eigenvalue weighted by atomic mass is 19.4. The van der Waals surface area contributed by atoms with Crippen LogP contribution in [0.4, 0.5) is 18.0 Å². The smallest absolute Gasteiger partial charge is 0.409 e. The van der Waals surface area contributed by atoms with E-state index < -0.39 is 25.2 Å². The maximum Gasteiger partial charge on any atom is 0.409 e. The molecule has 2 atom stereocenters. The minimum Gasteiger partial charge on any atom is -0.488 e. The Labute approximate surface area is 218 Å². The van der Waals surface area contributed by atoms with E-state index >= 15 is 0 Å². The van der Waals surface area contributed by atoms with Crippen LogP contribution in [0.15, 0.2) is 12.1 Å². The topological polar surface area (TPSA) is 109 Å². The SMILES string of the molecule is COC(=O)[C@H]1CCC[C@H](Oc2ccc(-c3nnn(C)c3COC(=O)N(C)CCC(F)(F)F)nc2C2CC2)C1. The Morgan fingerprint density at radius 2 is 1.95 bits per heavy atom. The molecule has 0 aromatic carbocycles. The van der Waals surface area contributed by atoms with Gasteiger partial charge >= 0.3 is 18.2 Å². The molecule has 0 saturated heterocycles. The first-order valence-corrected chi connectivity index (χ1v) is 12.6.